The first-order valence-corrected chi connectivity index (χ1v) is 7.88. The first-order chi connectivity index (χ1) is 11.5. The van der Waals surface area contributed by atoms with Crippen molar-refractivity contribution >= 4 is 17.5 Å². The number of nitrogens with zero attached hydrogens (tertiary/aromatic N) is 1. The molecule has 0 bridgehead atoms. The van der Waals surface area contributed by atoms with Crippen LogP contribution in [0.1, 0.15) is 11.1 Å². The molecule has 24 heavy (non-hydrogen) atoms. The first-order valence-electron chi connectivity index (χ1n) is 7.50. The lowest BCUT2D eigenvalue weighted by atomic mass is 10.2. The van der Waals surface area contributed by atoms with Crippen molar-refractivity contribution in [1.29, 1.82) is 0 Å². The van der Waals surface area contributed by atoms with Crippen molar-refractivity contribution in [3.05, 3.63) is 64.4 Å². The molecule has 1 N–H and O–H groups in total. The molecule has 2 aromatic carbocycles. The second-order valence-corrected chi connectivity index (χ2v) is 5.92. The summed E-state index contributed by atoms with van der Waals surface area (Å²) in [6.07, 6.45) is 0. The van der Waals surface area contributed by atoms with Crippen molar-refractivity contribution in [1.82, 2.24) is 10.2 Å². The van der Waals surface area contributed by atoms with Gasteiger partial charge in [-0.15, -0.1) is 0 Å². The van der Waals surface area contributed by atoms with Gasteiger partial charge in [-0.1, -0.05) is 35.9 Å². The summed E-state index contributed by atoms with van der Waals surface area (Å²) in [5, 5.41) is 3.45. The summed E-state index contributed by atoms with van der Waals surface area (Å²) in [4.78, 5) is 13.8. The third-order valence-corrected chi connectivity index (χ3v) is 3.88. The van der Waals surface area contributed by atoms with Gasteiger partial charge in [0.1, 0.15) is 0 Å². The lowest BCUT2D eigenvalue weighted by molar-refractivity contribution is -0.122. The zero-order valence-corrected chi connectivity index (χ0v) is 14.4. The summed E-state index contributed by atoms with van der Waals surface area (Å²) in [7, 11) is 3.23. The highest BCUT2D eigenvalue weighted by atomic mass is 35.5. The highest BCUT2D eigenvalue weighted by Crippen LogP contribution is 2.18. The largest absolute Gasteiger partial charge is 0.494 e. The topological polar surface area (TPSA) is 41.6 Å². The van der Waals surface area contributed by atoms with Crippen molar-refractivity contribution in [2.24, 2.45) is 0 Å². The molecule has 0 heterocycles. The van der Waals surface area contributed by atoms with Crippen molar-refractivity contribution in [3.63, 3.8) is 0 Å². The molecule has 0 saturated carbocycles. The highest BCUT2D eigenvalue weighted by molar-refractivity contribution is 6.31. The molecule has 0 atom stereocenters. The molecule has 0 unspecified atom stereocenters. The van der Waals surface area contributed by atoms with Crippen molar-refractivity contribution in [3.8, 4) is 5.75 Å². The number of benzene rings is 2. The standard InChI is InChI=1S/C18H20ClFN2O2/c1-22(11-13-7-8-17(24-2)16(20)9-13)12-18(23)21-10-14-5-3-4-6-15(14)19/h3-9H,10-12H2,1-2H3,(H,21,23). The third-order valence-electron chi connectivity index (χ3n) is 3.52. The Hall–Kier alpha value is -2.11. The molecule has 4 nitrogen and oxygen atoms in total. The Morgan fingerprint density at radius 2 is 2.04 bits per heavy atom. The van der Waals surface area contributed by atoms with Crippen LogP contribution in [0.15, 0.2) is 42.5 Å². The number of halogens is 2. The molecule has 0 fully saturated rings. The molecular weight excluding hydrogens is 331 g/mol. The van der Waals surface area contributed by atoms with Gasteiger partial charge in [0.15, 0.2) is 11.6 Å². The van der Waals surface area contributed by atoms with Gasteiger partial charge in [0, 0.05) is 18.1 Å². The Labute approximate surface area is 146 Å². The number of likely N-dealkylation sites (N-methyl/N-ethyl adjacent to an activating group) is 1. The fourth-order valence-electron chi connectivity index (χ4n) is 2.31. The van der Waals surface area contributed by atoms with Crippen LogP contribution < -0.4 is 10.1 Å². The third kappa shape index (κ3) is 5.22. The van der Waals surface area contributed by atoms with Gasteiger partial charge >= 0.3 is 0 Å². The number of nitrogens with one attached hydrogen (secondary N) is 1. The van der Waals surface area contributed by atoms with E-state index in [2.05, 4.69) is 5.32 Å². The highest BCUT2D eigenvalue weighted by Gasteiger charge is 2.10. The Kier molecular flexibility index (Phi) is 6.58. The molecule has 0 aromatic heterocycles. The van der Waals surface area contributed by atoms with E-state index in [1.165, 1.54) is 13.2 Å². The van der Waals surface area contributed by atoms with E-state index >= 15 is 0 Å². The second kappa shape index (κ2) is 8.66. The quantitative estimate of drug-likeness (QED) is 0.833. The van der Waals surface area contributed by atoms with Crippen LogP contribution in [-0.2, 0) is 17.9 Å². The summed E-state index contributed by atoms with van der Waals surface area (Å²) < 4.78 is 18.6. The van der Waals surface area contributed by atoms with Crippen LogP contribution in [0.2, 0.25) is 5.02 Å². The van der Waals surface area contributed by atoms with E-state index in [1.807, 2.05) is 23.1 Å². The van der Waals surface area contributed by atoms with E-state index in [0.29, 0.717) is 18.1 Å². The average molecular weight is 351 g/mol. The number of carbonyl (C=O) groups excluding carboxylic acids is 1. The van der Waals surface area contributed by atoms with Crippen LogP contribution in [0.4, 0.5) is 4.39 Å². The normalized spacial score (nSPS) is 10.7. The van der Waals surface area contributed by atoms with Gasteiger partial charge < -0.3 is 10.1 Å². The van der Waals surface area contributed by atoms with Crippen molar-refractivity contribution in [2.45, 2.75) is 13.1 Å². The molecule has 0 radical (unpaired) electrons. The minimum absolute atomic E-state index is 0.119. The van der Waals surface area contributed by atoms with Crippen LogP contribution in [0, 0.1) is 5.82 Å². The van der Waals surface area contributed by atoms with Gasteiger partial charge in [-0.2, -0.15) is 0 Å². The number of carbonyl (C=O) groups is 1. The summed E-state index contributed by atoms with van der Waals surface area (Å²) >= 11 is 6.05. The van der Waals surface area contributed by atoms with Crippen LogP contribution in [-0.4, -0.2) is 31.5 Å². The predicted molar refractivity (Wildman–Crippen MR) is 92.6 cm³/mol. The number of rotatable bonds is 7. The number of methoxy groups -OCH3 is 1. The maximum atomic E-state index is 13.7. The van der Waals surface area contributed by atoms with Gasteiger partial charge in [-0.3, -0.25) is 9.69 Å². The maximum absolute atomic E-state index is 13.7. The molecule has 0 aliphatic rings. The molecule has 0 aliphatic heterocycles. The van der Waals surface area contributed by atoms with Crippen molar-refractivity contribution < 1.29 is 13.9 Å². The lowest BCUT2D eigenvalue weighted by Gasteiger charge is -2.17. The molecule has 128 valence electrons. The van der Waals surface area contributed by atoms with E-state index in [-0.39, 0.29) is 18.2 Å². The molecule has 0 aliphatic carbocycles. The van der Waals surface area contributed by atoms with Gasteiger partial charge in [0.2, 0.25) is 5.91 Å². The number of ether oxygens (including phenoxy) is 1. The fourth-order valence-corrected chi connectivity index (χ4v) is 2.51. The number of hydrogen-bond donors (Lipinski definition) is 1. The average Bonchev–Trinajstić information content (AvgIpc) is 2.54. The van der Waals surface area contributed by atoms with E-state index in [1.54, 1.807) is 25.2 Å². The number of hydrogen-bond acceptors (Lipinski definition) is 3. The fraction of sp³-hybridized carbons (Fsp3) is 0.278. The maximum Gasteiger partial charge on any atom is 0.234 e. The second-order valence-electron chi connectivity index (χ2n) is 5.51. The van der Waals surface area contributed by atoms with E-state index in [4.69, 9.17) is 16.3 Å². The summed E-state index contributed by atoms with van der Waals surface area (Å²) in [5.41, 5.74) is 1.64. The van der Waals surface area contributed by atoms with E-state index in [0.717, 1.165) is 11.1 Å². The minimum Gasteiger partial charge on any atom is -0.494 e. The molecule has 6 heteroatoms. The van der Waals surface area contributed by atoms with Gasteiger partial charge in [0.05, 0.1) is 13.7 Å². The van der Waals surface area contributed by atoms with Crippen LogP contribution >= 0.6 is 11.6 Å². The van der Waals surface area contributed by atoms with Gasteiger partial charge in [-0.25, -0.2) is 4.39 Å². The summed E-state index contributed by atoms with van der Waals surface area (Å²) in [6, 6.07) is 12.1. The zero-order chi connectivity index (χ0) is 17.5. The number of amides is 1. The SMILES string of the molecule is COc1ccc(CN(C)CC(=O)NCc2ccccc2Cl)cc1F. The van der Waals surface area contributed by atoms with Crippen LogP contribution in [0.5, 0.6) is 5.75 Å². The predicted octanol–water partition coefficient (Wildman–Crippen LogP) is 3.24. The summed E-state index contributed by atoms with van der Waals surface area (Å²) in [6.45, 7) is 1.04. The Morgan fingerprint density at radius 3 is 2.71 bits per heavy atom. The van der Waals surface area contributed by atoms with Crippen LogP contribution in [0.3, 0.4) is 0 Å². The Balaban J connectivity index is 1.83. The van der Waals surface area contributed by atoms with Gasteiger partial charge in [0.25, 0.3) is 0 Å². The molecule has 1 amide bonds. The molecule has 2 aromatic rings. The zero-order valence-electron chi connectivity index (χ0n) is 13.7. The van der Waals surface area contributed by atoms with Crippen LogP contribution in [0.25, 0.3) is 0 Å². The summed E-state index contributed by atoms with van der Waals surface area (Å²) in [5.74, 6) is -0.322. The molecular formula is C18H20ClFN2O2. The first kappa shape index (κ1) is 18.2. The molecule has 0 saturated heterocycles. The minimum atomic E-state index is -0.411. The molecule has 0 spiro atoms. The Morgan fingerprint density at radius 1 is 1.29 bits per heavy atom. The lowest BCUT2D eigenvalue weighted by Crippen LogP contribution is -2.34. The van der Waals surface area contributed by atoms with E-state index < -0.39 is 5.82 Å². The Bertz CT molecular complexity index is 709. The monoisotopic (exact) mass is 350 g/mol. The van der Waals surface area contributed by atoms with Gasteiger partial charge in [-0.05, 0) is 36.4 Å². The smallest absolute Gasteiger partial charge is 0.234 e. The van der Waals surface area contributed by atoms with E-state index in [9.17, 15) is 9.18 Å². The van der Waals surface area contributed by atoms with Crippen molar-refractivity contribution in [2.75, 3.05) is 20.7 Å². The molecule has 2 rings (SSSR count).